The standard InChI is InChI=1S/C68H144O24Si16/c1-93(2,41-25-17-33-61-49-69-61)77-101-57-102(78-94(3,4)42-26-18-34-62-50-70-62)86-105(81-97(9,10)45-29-21-37-65-53-73-65)58-103(85-101,79-95(5,6)43-27-19-35-63-51-71-63)91-106(82-98(11,12)46-30-22-38-66-54-74-66)59-104(89-101,80-96(7,8)44-28-20-36-64-52-72-64)87-107(90-102,83-99(13,14)47-31-23-39-67-55-75-67)60-108(88-106,92-105)84-100(15,16)48-32-24-40-68-56-76-68/h61-68H,17-60H2,1-16H3. The third-order valence-corrected chi connectivity index (χ3v) is 97.2. The summed E-state index contributed by atoms with van der Waals surface area (Å²) in [5.41, 5.74) is 0.231. The molecule has 0 spiro atoms. The van der Waals surface area contributed by atoms with E-state index in [0.29, 0.717) is 48.8 Å². The molecule has 0 radical (unpaired) electrons. The van der Waals surface area contributed by atoms with Gasteiger partial charge in [0.15, 0.2) is 66.5 Å². The van der Waals surface area contributed by atoms with Crippen LogP contribution in [0, 0.1) is 0 Å². The lowest BCUT2D eigenvalue weighted by molar-refractivity contribution is 0.0355. The molecule has 8 atom stereocenters. The molecule has 14 aliphatic heterocycles. The van der Waals surface area contributed by atoms with E-state index in [0.717, 1.165) is 255 Å². The predicted octanol–water partition coefficient (Wildman–Crippen LogP) is 16.2. The molecule has 40 heteroatoms. The minimum absolute atomic E-state index is 0.0578. The van der Waals surface area contributed by atoms with Crippen LogP contribution in [0.3, 0.4) is 0 Å². The van der Waals surface area contributed by atoms with Crippen molar-refractivity contribution in [2.45, 2.75) is 379 Å². The first-order valence-electron chi connectivity index (χ1n) is 42.9. The average Bonchev–Trinajstić information content (AvgIpc) is 0.846. The van der Waals surface area contributed by atoms with Crippen LogP contribution in [-0.4, -0.2) is 239 Å². The van der Waals surface area contributed by atoms with Gasteiger partial charge in [0.2, 0.25) is 0 Å². The predicted molar refractivity (Wildman–Crippen MR) is 450 cm³/mol. The van der Waals surface area contributed by atoms with Crippen molar-refractivity contribution in [3.8, 4) is 0 Å². The maximum Gasteiger partial charge on any atom is 0.480 e. The summed E-state index contributed by atoms with van der Waals surface area (Å²) in [5, 5.41) is 0. The molecule has 14 rings (SSSR count). The second kappa shape index (κ2) is 35.5. The maximum atomic E-state index is 8.97. The molecule has 14 fully saturated rings. The molecule has 0 aromatic rings. The van der Waals surface area contributed by atoms with Crippen molar-refractivity contribution < 1.29 is 104 Å². The van der Waals surface area contributed by atoms with Crippen molar-refractivity contribution in [1.29, 1.82) is 0 Å². The Balaban J connectivity index is 1.05. The van der Waals surface area contributed by atoms with Gasteiger partial charge >= 0.3 is 70.4 Å². The lowest BCUT2D eigenvalue weighted by atomic mass is 10.2. The fourth-order valence-corrected chi connectivity index (χ4v) is 116. The molecule has 0 aliphatic carbocycles. The highest BCUT2D eigenvalue weighted by Crippen LogP contribution is 2.59. The highest BCUT2D eigenvalue weighted by molar-refractivity contribution is 7.13. The smallest absolute Gasteiger partial charge is 0.416 e. The van der Waals surface area contributed by atoms with E-state index in [9.17, 15) is 0 Å². The second-order valence-electron chi connectivity index (χ2n) is 39.5. The second-order valence-corrected chi connectivity index (χ2v) is 101. The Morgan fingerprint density at radius 2 is 0.287 bits per heavy atom. The van der Waals surface area contributed by atoms with E-state index in [2.05, 4.69) is 105 Å². The molecule has 0 aromatic carbocycles. The molecule has 14 saturated heterocycles. The Morgan fingerprint density at radius 1 is 0.185 bits per heavy atom. The molecule has 0 saturated carbocycles. The van der Waals surface area contributed by atoms with Crippen molar-refractivity contribution in [2.75, 3.05) is 52.9 Å². The molecular weight excluding hydrogens is 1650 g/mol. The van der Waals surface area contributed by atoms with E-state index in [1.165, 1.54) is 0 Å². The Hall–Kier alpha value is 2.51. The number of hydrogen-bond donors (Lipinski definition) is 0. The highest BCUT2D eigenvalue weighted by atomic mass is 28.6. The molecule has 0 amide bonds. The molecule has 0 aromatic heterocycles. The van der Waals surface area contributed by atoms with Crippen LogP contribution in [0.2, 0.25) is 176 Å². The summed E-state index contributed by atoms with van der Waals surface area (Å²) in [6.07, 6.45) is 26.5. The SMILES string of the molecule is C[Si](C)(CCCCC1CO1)O[Si]12C[Si]3(O[Si](C)(C)CCCCC4CO4)O[Si]4(O[Si](C)(C)CCCCC5CO5)C[Si]5(O[Si](C)(C)CCCCC6CO6)O[Si](O[Si](C)(C)CCCCC6CO6)(C[Si](O[Si](C)(C)CCCCC6CO6)(O1)O4)O[Si](O[Si](C)(C)CCCCC1CO1)(C[Si](O[Si](C)(C)CCCCC1CO1)(O3)O5)O2. The normalized spacial score (nSPS) is 36.9. The van der Waals surface area contributed by atoms with Crippen molar-refractivity contribution in [1.82, 2.24) is 0 Å². The molecule has 0 N–H and O–H groups in total. The quantitative estimate of drug-likeness (QED) is 0.0312. The van der Waals surface area contributed by atoms with Crippen LogP contribution in [0.1, 0.15) is 154 Å². The van der Waals surface area contributed by atoms with Gasteiger partial charge in [-0.2, -0.15) is 0 Å². The summed E-state index contributed by atoms with van der Waals surface area (Å²) in [7, 11) is -60.6. The lowest BCUT2D eigenvalue weighted by Gasteiger charge is -2.64. The zero-order chi connectivity index (χ0) is 76.7. The third kappa shape index (κ3) is 28.3. The van der Waals surface area contributed by atoms with Gasteiger partial charge in [0.25, 0.3) is 0 Å². The van der Waals surface area contributed by atoms with Crippen LogP contribution in [0.25, 0.3) is 0 Å². The molecule has 108 heavy (non-hydrogen) atoms. The van der Waals surface area contributed by atoms with Gasteiger partial charge in [-0.3, -0.25) is 0 Å². The van der Waals surface area contributed by atoms with Gasteiger partial charge in [0, 0.05) is 0 Å². The molecule has 14 heterocycles. The summed E-state index contributed by atoms with van der Waals surface area (Å²) < 4.78 is 187. The first-order valence-corrected chi connectivity index (χ1v) is 83.3. The topological polar surface area (TPSA) is 248 Å². The largest absolute Gasteiger partial charge is 0.480 e. The number of hydrogen-bond acceptors (Lipinski definition) is 24. The average molecular weight is 1800 g/mol. The third-order valence-electron chi connectivity index (χ3n) is 23.3. The number of rotatable bonds is 56. The van der Waals surface area contributed by atoms with Gasteiger partial charge < -0.3 is 104 Å². The highest BCUT2D eigenvalue weighted by Gasteiger charge is 2.87. The van der Waals surface area contributed by atoms with Crippen LogP contribution in [0.4, 0.5) is 0 Å². The Labute approximate surface area is 667 Å². The summed E-state index contributed by atoms with van der Waals surface area (Å²) in [6.45, 7) is 44.4. The molecule has 8 bridgehead atoms. The van der Waals surface area contributed by atoms with Gasteiger partial charge in [0.1, 0.15) is 0 Å². The molecule has 8 unspecified atom stereocenters. The number of unbranched alkanes of at least 4 members (excludes halogenated alkanes) is 8. The van der Waals surface area contributed by atoms with E-state index in [-0.39, 0.29) is 22.7 Å². The van der Waals surface area contributed by atoms with Crippen LogP contribution < -0.4 is 0 Å². The Morgan fingerprint density at radius 3 is 0.380 bits per heavy atom. The van der Waals surface area contributed by atoms with Gasteiger partial charge in [-0.25, -0.2) is 0 Å². The van der Waals surface area contributed by atoms with Crippen molar-refractivity contribution in [2.24, 2.45) is 0 Å². The molecule has 24 nitrogen and oxygen atoms in total. The van der Waals surface area contributed by atoms with Crippen molar-refractivity contribution >= 4 is 137 Å². The fourth-order valence-electron chi connectivity index (χ4n) is 17.4. The summed E-state index contributed by atoms with van der Waals surface area (Å²) in [6, 6.07) is 6.74. The lowest BCUT2D eigenvalue weighted by Crippen LogP contribution is -2.90. The first-order chi connectivity index (χ1) is 50.8. The van der Waals surface area contributed by atoms with E-state index < -0.39 is 137 Å². The Kier molecular flexibility index (Phi) is 29.0. The molecule has 14 aliphatic rings. The van der Waals surface area contributed by atoms with Crippen molar-refractivity contribution in [3.05, 3.63) is 0 Å². The molecule has 624 valence electrons. The van der Waals surface area contributed by atoms with E-state index in [4.69, 9.17) is 104 Å². The maximum absolute atomic E-state index is 8.97. The van der Waals surface area contributed by atoms with Gasteiger partial charge in [-0.05, 0) is 204 Å². The summed E-state index contributed by atoms with van der Waals surface area (Å²) in [4.78, 5) is 0. The Bertz CT molecular complexity index is 2270. The summed E-state index contributed by atoms with van der Waals surface area (Å²) >= 11 is 0. The monoisotopic (exact) mass is 1790 g/mol. The number of epoxide rings is 8. The van der Waals surface area contributed by atoms with Gasteiger partial charge in [0.05, 0.1) is 124 Å². The van der Waals surface area contributed by atoms with Crippen molar-refractivity contribution in [3.63, 3.8) is 0 Å². The van der Waals surface area contributed by atoms with Crippen LogP contribution >= 0.6 is 0 Å². The minimum atomic E-state index is -4.63. The summed E-state index contributed by atoms with van der Waals surface area (Å²) in [5.74, 6) is 0. The van der Waals surface area contributed by atoms with Gasteiger partial charge in [-0.1, -0.05) is 103 Å². The fraction of sp³-hybridized carbons (Fsp3) is 1.00. The molecular formula is C68H144O24Si16. The van der Waals surface area contributed by atoms with Crippen LogP contribution in [0.15, 0.2) is 0 Å². The van der Waals surface area contributed by atoms with Crippen LogP contribution in [0.5, 0.6) is 0 Å². The first kappa shape index (κ1) is 88.3. The van der Waals surface area contributed by atoms with E-state index >= 15 is 0 Å². The zero-order valence-electron chi connectivity index (χ0n) is 69.5. The zero-order valence-corrected chi connectivity index (χ0v) is 85.5. The van der Waals surface area contributed by atoms with E-state index in [1.54, 1.807) is 0 Å². The minimum Gasteiger partial charge on any atom is -0.416 e. The van der Waals surface area contributed by atoms with E-state index in [1.807, 2.05) is 0 Å². The van der Waals surface area contributed by atoms with Crippen LogP contribution in [-0.2, 0) is 104 Å². The van der Waals surface area contributed by atoms with Gasteiger partial charge in [-0.15, -0.1) is 0 Å². The number of ether oxygens (including phenoxy) is 8.